The zero-order chi connectivity index (χ0) is 24.9. The predicted octanol–water partition coefficient (Wildman–Crippen LogP) is 6.07. The molecule has 0 saturated carbocycles. The number of benzene rings is 5. The summed E-state index contributed by atoms with van der Waals surface area (Å²) in [5.41, 5.74) is 7.98. The first-order valence-electron chi connectivity index (χ1n) is 12.4. The molecule has 5 aromatic carbocycles. The van der Waals surface area contributed by atoms with E-state index in [0.29, 0.717) is 5.46 Å². The van der Waals surface area contributed by atoms with Crippen LogP contribution < -0.4 is 5.46 Å². The molecule has 0 aliphatic heterocycles. The Kier molecular flexibility index (Phi) is 5.00. The molecule has 37 heavy (non-hydrogen) atoms. The van der Waals surface area contributed by atoms with Gasteiger partial charge in [0.15, 0.2) is 0 Å². The highest BCUT2D eigenvalue weighted by Gasteiger charge is 2.20. The Bertz CT molecular complexity index is 1900. The van der Waals surface area contributed by atoms with Crippen molar-refractivity contribution in [1.29, 1.82) is 0 Å². The van der Waals surface area contributed by atoms with Gasteiger partial charge in [0.1, 0.15) is 0 Å². The molecule has 0 unspecified atom stereocenters. The molecule has 2 N–H and O–H groups in total. The lowest BCUT2D eigenvalue weighted by Gasteiger charge is -2.12. The first-order valence-corrected chi connectivity index (χ1v) is 12.4. The van der Waals surface area contributed by atoms with Crippen molar-refractivity contribution in [2.45, 2.75) is 0 Å². The third kappa shape index (κ3) is 3.40. The van der Waals surface area contributed by atoms with Gasteiger partial charge in [-0.1, -0.05) is 84.9 Å². The van der Waals surface area contributed by atoms with Crippen LogP contribution in [-0.2, 0) is 0 Å². The molecule has 0 saturated heterocycles. The zero-order valence-corrected chi connectivity index (χ0v) is 20.0. The van der Waals surface area contributed by atoms with E-state index in [1.165, 1.54) is 0 Å². The second-order valence-electron chi connectivity index (χ2n) is 9.28. The summed E-state index contributed by atoms with van der Waals surface area (Å²) in [4.78, 5) is 0. The Morgan fingerprint density at radius 3 is 1.95 bits per heavy atom. The quantitative estimate of drug-likeness (QED) is 0.302. The molecule has 176 valence electrons. The van der Waals surface area contributed by atoms with Gasteiger partial charge in [-0.3, -0.25) is 0 Å². The fraction of sp³-hybridized carbons (Fsp3) is 0. The summed E-state index contributed by atoms with van der Waals surface area (Å²) in [6.45, 7) is 0. The van der Waals surface area contributed by atoms with Crippen LogP contribution in [0.4, 0.5) is 0 Å². The first-order chi connectivity index (χ1) is 18.2. The van der Waals surface area contributed by atoms with Crippen molar-refractivity contribution in [3.8, 4) is 22.6 Å². The molecule has 7 rings (SSSR count). The fourth-order valence-electron chi connectivity index (χ4n) is 5.51. The number of aromatic nitrogens is 2. The highest BCUT2D eigenvalue weighted by Crippen LogP contribution is 2.40. The Hall–Kier alpha value is -4.58. The third-order valence-corrected chi connectivity index (χ3v) is 7.13. The summed E-state index contributed by atoms with van der Waals surface area (Å²) in [6, 6.07) is 43.5. The average molecular weight is 478 g/mol. The molecular formula is C32H23BN2O2. The van der Waals surface area contributed by atoms with Gasteiger partial charge in [0.2, 0.25) is 0 Å². The molecule has 0 atom stereocenters. The summed E-state index contributed by atoms with van der Waals surface area (Å²) in [7, 11) is -1.53. The number of fused-ring (bicyclic) bond motifs is 5. The van der Waals surface area contributed by atoms with Gasteiger partial charge in [0.25, 0.3) is 0 Å². The smallest absolute Gasteiger partial charge is 0.423 e. The van der Waals surface area contributed by atoms with Crippen LogP contribution in [0, 0.1) is 0 Å². The Labute approximate surface area is 214 Å². The van der Waals surface area contributed by atoms with Crippen molar-refractivity contribution >= 4 is 45.3 Å². The second-order valence-corrected chi connectivity index (χ2v) is 9.28. The van der Waals surface area contributed by atoms with E-state index in [-0.39, 0.29) is 0 Å². The van der Waals surface area contributed by atoms with E-state index in [1.54, 1.807) is 6.07 Å². The summed E-state index contributed by atoms with van der Waals surface area (Å²) in [5, 5.41) is 23.2. The molecule has 0 aliphatic rings. The van der Waals surface area contributed by atoms with Crippen molar-refractivity contribution in [3.63, 3.8) is 0 Å². The van der Waals surface area contributed by atoms with Crippen LogP contribution in [0.2, 0.25) is 0 Å². The van der Waals surface area contributed by atoms with Gasteiger partial charge in [-0.05, 0) is 53.5 Å². The van der Waals surface area contributed by atoms with Crippen LogP contribution in [-0.4, -0.2) is 26.3 Å². The minimum absolute atomic E-state index is 0.461. The molecule has 2 aromatic heterocycles. The summed E-state index contributed by atoms with van der Waals surface area (Å²) in [5.74, 6) is 0. The molecule has 0 spiro atoms. The molecule has 5 heteroatoms. The normalized spacial score (nSPS) is 11.5. The maximum Gasteiger partial charge on any atom is 0.488 e. The standard InChI is InChI=1S/C32H23BN2O2/c36-33(37)23-12-9-15-25(20-23)35-29-17-8-7-16-26(29)27-18-19-30-28(32(27)35)21-31(22-10-3-1-4-11-22)34(30)24-13-5-2-6-14-24/h1-21,36-37H. The Morgan fingerprint density at radius 2 is 1.16 bits per heavy atom. The topological polar surface area (TPSA) is 50.3 Å². The minimum atomic E-state index is -1.53. The van der Waals surface area contributed by atoms with Crippen LogP contribution in [0.15, 0.2) is 127 Å². The van der Waals surface area contributed by atoms with Crippen LogP contribution >= 0.6 is 0 Å². The van der Waals surface area contributed by atoms with Gasteiger partial charge >= 0.3 is 7.12 Å². The Morgan fingerprint density at radius 1 is 0.486 bits per heavy atom. The van der Waals surface area contributed by atoms with Gasteiger partial charge in [0.05, 0.1) is 22.2 Å². The van der Waals surface area contributed by atoms with E-state index in [4.69, 9.17) is 0 Å². The molecule has 0 bridgehead atoms. The molecule has 0 fully saturated rings. The van der Waals surface area contributed by atoms with Crippen LogP contribution in [0.5, 0.6) is 0 Å². The van der Waals surface area contributed by atoms with Gasteiger partial charge in [-0.15, -0.1) is 0 Å². The summed E-state index contributed by atoms with van der Waals surface area (Å²) in [6.07, 6.45) is 0. The van der Waals surface area contributed by atoms with E-state index in [2.05, 4.69) is 94.1 Å². The number of hydrogen-bond donors (Lipinski definition) is 2. The second kappa shape index (κ2) is 8.52. The van der Waals surface area contributed by atoms with Crippen molar-refractivity contribution in [3.05, 3.63) is 127 Å². The molecule has 0 radical (unpaired) electrons. The number of rotatable bonds is 4. The highest BCUT2D eigenvalue weighted by atomic mass is 16.4. The molecule has 4 nitrogen and oxygen atoms in total. The molecule has 0 aliphatic carbocycles. The minimum Gasteiger partial charge on any atom is -0.423 e. The van der Waals surface area contributed by atoms with Gasteiger partial charge in [-0.2, -0.15) is 0 Å². The highest BCUT2D eigenvalue weighted by molar-refractivity contribution is 6.58. The molecule has 7 aromatic rings. The summed E-state index contributed by atoms with van der Waals surface area (Å²) < 4.78 is 4.56. The average Bonchev–Trinajstić information content (AvgIpc) is 3.50. The van der Waals surface area contributed by atoms with Crippen LogP contribution in [0.1, 0.15) is 0 Å². The van der Waals surface area contributed by atoms with E-state index in [1.807, 2.05) is 36.4 Å². The lowest BCUT2D eigenvalue weighted by Crippen LogP contribution is -2.29. The van der Waals surface area contributed by atoms with Crippen molar-refractivity contribution in [2.24, 2.45) is 0 Å². The van der Waals surface area contributed by atoms with Crippen LogP contribution in [0.3, 0.4) is 0 Å². The van der Waals surface area contributed by atoms with Crippen molar-refractivity contribution in [1.82, 2.24) is 9.13 Å². The number of nitrogens with zero attached hydrogens (tertiary/aromatic N) is 2. The van der Waals surface area contributed by atoms with Crippen LogP contribution in [0.25, 0.3) is 55.3 Å². The zero-order valence-electron chi connectivity index (χ0n) is 20.0. The number of hydrogen-bond acceptors (Lipinski definition) is 2. The largest absolute Gasteiger partial charge is 0.488 e. The van der Waals surface area contributed by atoms with E-state index in [0.717, 1.165) is 55.3 Å². The maximum absolute atomic E-state index is 9.88. The lowest BCUT2D eigenvalue weighted by atomic mass is 9.80. The van der Waals surface area contributed by atoms with E-state index < -0.39 is 7.12 Å². The molecule has 0 amide bonds. The van der Waals surface area contributed by atoms with Gasteiger partial charge < -0.3 is 19.2 Å². The molecular weight excluding hydrogens is 455 g/mol. The third-order valence-electron chi connectivity index (χ3n) is 7.13. The first kappa shape index (κ1) is 21.7. The Balaban J connectivity index is 1.65. The molecule has 2 heterocycles. The number of para-hydroxylation sites is 2. The monoisotopic (exact) mass is 478 g/mol. The predicted molar refractivity (Wildman–Crippen MR) is 153 cm³/mol. The lowest BCUT2D eigenvalue weighted by molar-refractivity contribution is 0.426. The van der Waals surface area contributed by atoms with Crippen molar-refractivity contribution in [2.75, 3.05) is 0 Å². The van der Waals surface area contributed by atoms with Gasteiger partial charge in [-0.25, -0.2) is 0 Å². The maximum atomic E-state index is 9.88. The van der Waals surface area contributed by atoms with Crippen molar-refractivity contribution < 1.29 is 10.0 Å². The van der Waals surface area contributed by atoms with E-state index >= 15 is 0 Å². The summed E-state index contributed by atoms with van der Waals surface area (Å²) >= 11 is 0. The fourth-order valence-corrected chi connectivity index (χ4v) is 5.51. The van der Waals surface area contributed by atoms with Gasteiger partial charge in [0, 0.05) is 27.5 Å². The SMILES string of the molecule is OB(O)c1cccc(-n2c3ccccc3c3ccc4c(cc(-c5ccccc5)n4-c4ccccc4)c32)c1. The van der Waals surface area contributed by atoms with E-state index in [9.17, 15) is 10.0 Å².